The molecule has 3 N–H and O–H groups in total. The van der Waals surface area contributed by atoms with Crippen molar-refractivity contribution in [1.82, 2.24) is 15.1 Å². The van der Waals surface area contributed by atoms with Crippen LogP contribution in [0.15, 0.2) is 23.6 Å². The Kier molecular flexibility index (Phi) is 5.14. The number of nitrogens with two attached hydrogens (primary N) is 1. The van der Waals surface area contributed by atoms with E-state index in [2.05, 4.69) is 24.0 Å². The lowest BCUT2D eigenvalue weighted by Gasteiger charge is -2.20. The van der Waals surface area contributed by atoms with Crippen LogP contribution in [0, 0.1) is 5.92 Å². The highest BCUT2D eigenvalue weighted by atomic mass is 32.1. The summed E-state index contributed by atoms with van der Waals surface area (Å²) in [6, 6.07) is 5.88. The van der Waals surface area contributed by atoms with E-state index in [0.29, 0.717) is 18.2 Å². The number of H-pyrrole nitrogens is 1. The molecule has 0 aromatic carbocycles. The second kappa shape index (κ2) is 6.87. The van der Waals surface area contributed by atoms with Gasteiger partial charge in [0, 0.05) is 19.6 Å². The molecular formula is C15H22N4OS. The third kappa shape index (κ3) is 3.92. The Bertz CT molecular complexity index is 576. The molecule has 0 aliphatic heterocycles. The molecule has 2 aromatic heterocycles. The van der Waals surface area contributed by atoms with E-state index in [1.54, 1.807) is 29.4 Å². The Morgan fingerprint density at radius 2 is 2.29 bits per heavy atom. The minimum absolute atomic E-state index is 0.0787. The highest BCUT2D eigenvalue weighted by molar-refractivity contribution is 7.13. The van der Waals surface area contributed by atoms with E-state index in [0.717, 1.165) is 17.0 Å². The largest absolute Gasteiger partial charge is 0.340 e. The lowest BCUT2D eigenvalue weighted by molar-refractivity contribution is 0.0783. The maximum atomic E-state index is 12.3. The van der Waals surface area contributed by atoms with Gasteiger partial charge in [0.15, 0.2) is 5.69 Å². The van der Waals surface area contributed by atoms with Crippen LogP contribution in [-0.4, -0.2) is 40.6 Å². The fourth-order valence-corrected chi connectivity index (χ4v) is 2.65. The van der Waals surface area contributed by atoms with Crippen LogP contribution in [0.5, 0.6) is 0 Å². The number of aromatic amines is 1. The first-order chi connectivity index (χ1) is 9.99. The van der Waals surface area contributed by atoms with Gasteiger partial charge in [-0.1, -0.05) is 19.9 Å². The number of aromatic nitrogens is 2. The van der Waals surface area contributed by atoms with Gasteiger partial charge >= 0.3 is 0 Å². The predicted molar refractivity (Wildman–Crippen MR) is 86.3 cm³/mol. The van der Waals surface area contributed by atoms with Crippen LogP contribution in [0.1, 0.15) is 30.8 Å². The van der Waals surface area contributed by atoms with E-state index in [1.165, 1.54) is 0 Å². The van der Waals surface area contributed by atoms with Crippen molar-refractivity contribution in [3.63, 3.8) is 0 Å². The number of hydrogen-bond acceptors (Lipinski definition) is 4. The minimum atomic E-state index is -0.0787. The number of rotatable bonds is 6. The Balaban J connectivity index is 1.96. The molecule has 2 heterocycles. The molecule has 2 aromatic rings. The quantitative estimate of drug-likeness (QED) is 0.861. The monoisotopic (exact) mass is 306 g/mol. The molecule has 0 saturated carbocycles. The third-order valence-electron chi connectivity index (χ3n) is 3.58. The summed E-state index contributed by atoms with van der Waals surface area (Å²) >= 11 is 1.61. The van der Waals surface area contributed by atoms with Gasteiger partial charge in [-0.15, -0.1) is 11.3 Å². The molecule has 0 saturated heterocycles. The number of hydrogen-bond donors (Lipinski definition) is 2. The molecule has 0 bridgehead atoms. The van der Waals surface area contributed by atoms with Gasteiger partial charge in [0.2, 0.25) is 0 Å². The van der Waals surface area contributed by atoms with Crippen molar-refractivity contribution in [2.45, 2.75) is 26.3 Å². The van der Waals surface area contributed by atoms with Crippen molar-refractivity contribution in [3.8, 4) is 10.6 Å². The highest BCUT2D eigenvalue weighted by Crippen LogP contribution is 2.23. The first kappa shape index (κ1) is 15.7. The average Bonchev–Trinajstić information content (AvgIpc) is 3.12. The van der Waals surface area contributed by atoms with Crippen LogP contribution >= 0.6 is 11.3 Å². The number of carbonyl (C=O) groups excluding carboxylic acids is 1. The molecule has 0 aliphatic carbocycles. The zero-order chi connectivity index (χ0) is 15.4. The third-order valence-corrected chi connectivity index (χ3v) is 4.49. The van der Waals surface area contributed by atoms with Crippen molar-refractivity contribution in [2.24, 2.45) is 11.7 Å². The molecule has 0 fully saturated rings. The zero-order valence-corrected chi connectivity index (χ0v) is 13.5. The molecule has 2 rings (SSSR count). The molecule has 114 valence electrons. The molecule has 0 aliphatic rings. The smallest absolute Gasteiger partial charge is 0.274 e. The summed E-state index contributed by atoms with van der Waals surface area (Å²) in [6.45, 7) is 4.82. The fraction of sp³-hybridized carbons (Fsp3) is 0.467. The van der Waals surface area contributed by atoms with Gasteiger partial charge in [0.25, 0.3) is 5.91 Å². The molecule has 5 nitrogen and oxygen atoms in total. The molecular weight excluding hydrogens is 284 g/mol. The number of amides is 1. The zero-order valence-electron chi connectivity index (χ0n) is 12.7. The van der Waals surface area contributed by atoms with Crippen molar-refractivity contribution in [1.29, 1.82) is 0 Å². The molecule has 1 atom stereocenters. The fourth-order valence-electron chi connectivity index (χ4n) is 1.96. The van der Waals surface area contributed by atoms with E-state index < -0.39 is 0 Å². The van der Waals surface area contributed by atoms with Gasteiger partial charge in [-0.2, -0.15) is 5.10 Å². The van der Waals surface area contributed by atoms with E-state index in [1.807, 2.05) is 17.5 Å². The van der Waals surface area contributed by atoms with Crippen LogP contribution < -0.4 is 5.73 Å². The molecule has 1 unspecified atom stereocenters. The van der Waals surface area contributed by atoms with Crippen LogP contribution in [-0.2, 0) is 0 Å². The van der Waals surface area contributed by atoms with E-state index in [9.17, 15) is 4.79 Å². The minimum Gasteiger partial charge on any atom is -0.340 e. The van der Waals surface area contributed by atoms with Crippen molar-refractivity contribution in [2.75, 3.05) is 13.6 Å². The van der Waals surface area contributed by atoms with E-state index in [4.69, 9.17) is 5.73 Å². The Labute approximate surface area is 129 Å². The van der Waals surface area contributed by atoms with Crippen LogP contribution in [0.3, 0.4) is 0 Å². The topological polar surface area (TPSA) is 75.0 Å². The maximum absolute atomic E-state index is 12.3. The van der Waals surface area contributed by atoms with Crippen molar-refractivity contribution < 1.29 is 4.79 Å². The van der Waals surface area contributed by atoms with Crippen LogP contribution in [0.4, 0.5) is 0 Å². The van der Waals surface area contributed by atoms with Gasteiger partial charge < -0.3 is 10.6 Å². The normalized spacial score (nSPS) is 12.6. The standard InChI is InChI=1S/C15H22N4OS/c1-10(2)11(16)6-7-19(3)15(20)13-9-12(17-18-13)14-5-4-8-21-14/h4-5,8-11H,6-7,16H2,1-3H3,(H,17,18). The SMILES string of the molecule is CC(C)C(N)CCN(C)C(=O)c1cc(-c2cccs2)[nH]n1. The summed E-state index contributed by atoms with van der Waals surface area (Å²) in [7, 11) is 1.79. The summed E-state index contributed by atoms with van der Waals surface area (Å²) in [5.41, 5.74) is 7.33. The Morgan fingerprint density at radius 3 is 2.90 bits per heavy atom. The lowest BCUT2D eigenvalue weighted by Crippen LogP contribution is -2.34. The predicted octanol–water partition coefficient (Wildman–Crippen LogP) is 2.58. The Morgan fingerprint density at radius 1 is 1.52 bits per heavy atom. The number of carbonyl (C=O) groups is 1. The van der Waals surface area contributed by atoms with Gasteiger partial charge in [-0.05, 0) is 29.9 Å². The molecule has 0 radical (unpaired) electrons. The van der Waals surface area contributed by atoms with Crippen LogP contribution in [0.2, 0.25) is 0 Å². The van der Waals surface area contributed by atoms with E-state index in [-0.39, 0.29) is 11.9 Å². The number of nitrogens with one attached hydrogen (secondary N) is 1. The first-order valence-corrected chi connectivity index (χ1v) is 7.97. The average molecular weight is 306 g/mol. The van der Waals surface area contributed by atoms with Crippen LogP contribution in [0.25, 0.3) is 10.6 Å². The molecule has 1 amide bonds. The number of thiophene rings is 1. The maximum Gasteiger partial charge on any atom is 0.274 e. The van der Waals surface area contributed by atoms with Gasteiger partial charge in [-0.25, -0.2) is 0 Å². The van der Waals surface area contributed by atoms with Crippen molar-refractivity contribution >= 4 is 17.2 Å². The second-order valence-electron chi connectivity index (χ2n) is 5.57. The summed E-state index contributed by atoms with van der Waals surface area (Å²) < 4.78 is 0. The summed E-state index contributed by atoms with van der Waals surface area (Å²) in [4.78, 5) is 15.1. The highest BCUT2D eigenvalue weighted by Gasteiger charge is 2.17. The Hall–Kier alpha value is -1.66. The summed E-state index contributed by atoms with van der Waals surface area (Å²) in [5.74, 6) is 0.342. The summed E-state index contributed by atoms with van der Waals surface area (Å²) in [6.07, 6.45) is 0.794. The molecule has 0 spiro atoms. The second-order valence-corrected chi connectivity index (χ2v) is 6.52. The lowest BCUT2D eigenvalue weighted by atomic mass is 10.0. The first-order valence-electron chi connectivity index (χ1n) is 7.09. The number of nitrogens with zero attached hydrogens (tertiary/aromatic N) is 2. The molecule has 6 heteroatoms. The van der Waals surface area contributed by atoms with Gasteiger partial charge in [-0.3, -0.25) is 9.89 Å². The van der Waals surface area contributed by atoms with Gasteiger partial charge in [0.1, 0.15) is 0 Å². The van der Waals surface area contributed by atoms with E-state index >= 15 is 0 Å². The van der Waals surface area contributed by atoms with Crippen molar-refractivity contribution in [3.05, 3.63) is 29.3 Å². The van der Waals surface area contributed by atoms with Gasteiger partial charge in [0.05, 0.1) is 10.6 Å². The summed E-state index contributed by atoms with van der Waals surface area (Å²) in [5, 5.41) is 9.03. The molecule has 21 heavy (non-hydrogen) atoms.